The molecule has 238 valence electrons. The number of ether oxygens (including phenoxy) is 2. The van der Waals surface area contributed by atoms with E-state index in [1.807, 2.05) is 30.3 Å². The van der Waals surface area contributed by atoms with Gasteiger partial charge in [0, 0.05) is 43.7 Å². The zero-order chi connectivity index (χ0) is 31.6. The average Bonchev–Trinajstić information content (AvgIpc) is 3.91. The van der Waals surface area contributed by atoms with Crippen LogP contribution in [-0.4, -0.2) is 76.9 Å². The molecular formula is C35H37FN6O4. The van der Waals surface area contributed by atoms with E-state index >= 15 is 4.39 Å². The predicted molar refractivity (Wildman–Crippen MR) is 171 cm³/mol. The Hall–Kier alpha value is -4.45. The smallest absolute Gasteiger partial charge is 0.261 e. The molecule has 2 aliphatic heterocycles. The van der Waals surface area contributed by atoms with Gasteiger partial charge in [-0.2, -0.15) is 9.97 Å². The highest BCUT2D eigenvalue weighted by Crippen LogP contribution is 2.42. The maximum Gasteiger partial charge on any atom is 0.261 e. The van der Waals surface area contributed by atoms with E-state index < -0.39 is 11.7 Å². The minimum atomic E-state index is -0.488. The van der Waals surface area contributed by atoms with E-state index in [0.717, 1.165) is 68.1 Å². The highest BCUT2D eigenvalue weighted by molar-refractivity contribution is 6.09. The molecule has 2 fully saturated rings. The maximum atomic E-state index is 15.3. The number of nitrogens with two attached hydrogens (primary N) is 1. The Morgan fingerprint density at radius 2 is 1.83 bits per heavy atom. The van der Waals surface area contributed by atoms with Crippen molar-refractivity contribution in [2.45, 2.75) is 38.2 Å². The normalized spacial score (nSPS) is 16.8. The number of rotatable bonds is 10. The van der Waals surface area contributed by atoms with E-state index in [2.05, 4.69) is 14.9 Å². The van der Waals surface area contributed by atoms with Crippen molar-refractivity contribution in [3.05, 3.63) is 94.1 Å². The number of nitrogens with zero attached hydrogens (tertiary/aromatic N) is 5. The summed E-state index contributed by atoms with van der Waals surface area (Å²) in [7, 11) is 0. The number of carbonyl (C=O) groups is 1. The van der Waals surface area contributed by atoms with Gasteiger partial charge < -0.3 is 25.2 Å². The molecule has 0 unspecified atom stereocenters. The lowest BCUT2D eigenvalue weighted by Crippen LogP contribution is -2.39. The van der Waals surface area contributed by atoms with Crippen LogP contribution in [-0.2, 0) is 24.2 Å². The number of halogens is 1. The highest BCUT2D eigenvalue weighted by atomic mass is 19.1. The molecule has 3 aliphatic rings. The molecule has 3 N–H and O–H groups in total. The lowest BCUT2D eigenvalue weighted by molar-refractivity contribution is 0.0322. The number of amides is 1. The Morgan fingerprint density at radius 1 is 1.02 bits per heavy atom. The van der Waals surface area contributed by atoms with Gasteiger partial charge in [0.1, 0.15) is 24.0 Å². The number of aliphatic hydroxyl groups excluding tert-OH is 1. The van der Waals surface area contributed by atoms with Gasteiger partial charge in [-0.15, -0.1) is 0 Å². The van der Waals surface area contributed by atoms with Crippen molar-refractivity contribution in [3.63, 3.8) is 0 Å². The second kappa shape index (κ2) is 13.1. The average molecular weight is 625 g/mol. The molecule has 4 aromatic rings. The number of carbonyl (C=O) groups excluding carboxylic acids is 1. The Morgan fingerprint density at radius 3 is 2.59 bits per heavy atom. The minimum absolute atomic E-state index is 0.0499. The van der Waals surface area contributed by atoms with Crippen molar-refractivity contribution in [3.8, 4) is 17.1 Å². The first kappa shape index (κ1) is 30.2. The van der Waals surface area contributed by atoms with Crippen molar-refractivity contribution in [2.24, 2.45) is 0 Å². The van der Waals surface area contributed by atoms with E-state index in [4.69, 9.17) is 20.2 Å². The summed E-state index contributed by atoms with van der Waals surface area (Å²) in [6, 6.07) is 16.6. The molecule has 1 saturated heterocycles. The summed E-state index contributed by atoms with van der Waals surface area (Å²) in [5.74, 6) is 1.09. The molecule has 3 aromatic carbocycles. The molecule has 0 bridgehead atoms. The second-order valence-corrected chi connectivity index (χ2v) is 12.0. The quantitative estimate of drug-likeness (QED) is 0.268. The van der Waals surface area contributed by atoms with Crippen molar-refractivity contribution in [1.82, 2.24) is 19.9 Å². The Labute approximate surface area is 267 Å². The van der Waals surface area contributed by atoms with Gasteiger partial charge in [-0.25, -0.2) is 9.37 Å². The third-order valence-corrected chi connectivity index (χ3v) is 8.91. The van der Waals surface area contributed by atoms with Crippen LogP contribution in [0.2, 0.25) is 0 Å². The van der Waals surface area contributed by atoms with Gasteiger partial charge in [-0.1, -0.05) is 30.3 Å². The standard InChI is InChI=1S/C35H37FN6O4/c36-29-20-25(23-6-7-23)19-24-10-11-42(34(44)32(24)29)30-3-1-2-27(28(30)21-43)33-38-31(39-35(37)40-33)18-22-4-8-26(9-5-22)46-17-14-41-12-15-45-16-13-41/h1-5,8-9,19-20,23,43H,6-7,10-18,21H2,(H2,37,38,39,40). The van der Waals surface area contributed by atoms with E-state index in [1.165, 1.54) is 11.0 Å². The molecule has 3 heterocycles. The van der Waals surface area contributed by atoms with Crippen LogP contribution in [0.25, 0.3) is 11.4 Å². The predicted octanol–water partition coefficient (Wildman–Crippen LogP) is 4.13. The Kier molecular flexibility index (Phi) is 8.61. The van der Waals surface area contributed by atoms with Crippen molar-refractivity contribution >= 4 is 17.5 Å². The first-order valence-electron chi connectivity index (χ1n) is 15.9. The zero-order valence-electron chi connectivity index (χ0n) is 25.6. The first-order chi connectivity index (χ1) is 22.5. The summed E-state index contributed by atoms with van der Waals surface area (Å²) in [6.45, 7) is 4.83. The van der Waals surface area contributed by atoms with E-state index in [1.54, 1.807) is 18.2 Å². The number of benzene rings is 3. The lowest BCUT2D eigenvalue weighted by Gasteiger charge is -2.31. The molecule has 1 aromatic heterocycles. The van der Waals surface area contributed by atoms with Crippen molar-refractivity contribution in [2.75, 3.05) is 56.6 Å². The highest BCUT2D eigenvalue weighted by Gasteiger charge is 2.33. The monoisotopic (exact) mass is 624 g/mol. The maximum absolute atomic E-state index is 15.3. The molecule has 0 atom stereocenters. The molecule has 46 heavy (non-hydrogen) atoms. The number of aliphatic hydroxyl groups is 1. The van der Waals surface area contributed by atoms with Gasteiger partial charge in [0.25, 0.3) is 5.91 Å². The van der Waals surface area contributed by atoms with Gasteiger partial charge in [-0.3, -0.25) is 9.69 Å². The van der Waals surface area contributed by atoms with E-state index in [9.17, 15) is 9.90 Å². The van der Waals surface area contributed by atoms with Crippen LogP contribution in [0.5, 0.6) is 5.75 Å². The van der Waals surface area contributed by atoms with Gasteiger partial charge in [0.15, 0.2) is 5.82 Å². The summed E-state index contributed by atoms with van der Waals surface area (Å²) in [6.07, 6.45) is 3.05. The van der Waals surface area contributed by atoms with Gasteiger partial charge >= 0.3 is 0 Å². The van der Waals surface area contributed by atoms with Crippen LogP contribution in [0.15, 0.2) is 54.6 Å². The number of morpholine rings is 1. The molecular weight excluding hydrogens is 587 g/mol. The van der Waals surface area contributed by atoms with E-state index in [-0.39, 0.29) is 18.1 Å². The Bertz CT molecular complexity index is 1740. The largest absolute Gasteiger partial charge is 0.492 e. The fraction of sp³-hybridized carbons (Fsp3) is 0.371. The van der Waals surface area contributed by atoms with Gasteiger partial charge in [-0.05, 0) is 66.1 Å². The summed E-state index contributed by atoms with van der Waals surface area (Å²) in [5, 5.41) is 10.5. The number of aromatic nitrogens is 3. The number of nitrogen functional groups attached to an aromatic ring is 1. The van der Waals surface area contributed by atoms with Crippen LogP contribution in [0.3, 0.4) is 0 Å². The lowest BCUT2D eigenvalue weighted by atomic mass is 9.93. The zero-order valence-corrected chi connectivity index (χ0v) is 25.6. The van der Waals surface area contributed by atoms with E-state index in [0.29, 0.717) is 60.4 Å². The minimum Gasteiger partial charge on any atom is -0.492 e. The molecule has 0 spiro atoms. The molecule has 1 saturated carbocycles. The molecule has 0 radical (unpaired) electrons. The summed E-state index contributed by atoms with van der Waals surface area (Å²) in [4.78, 5) is 30.9. The second-order valence-electron chi connectivity index (χ2n) is 12.0. The SMILES string of the molecule is Nc1nc(Cc2ccc(OCCN3CCOCC3)cc2)nc(-c2cccc(N3CCc4cc(C5CC5)cc(F)c4C3=O)c2CO)n1. The number of hydrogen-bond donors (Lipinski definition) is 2. The third kappa shape index (κ3) is 6.44. The fourth-order valence-electron chi connectivity index (χ4n) is 6.32. The molecule has 10 nitrogen and oxygen atoms in total. The number of hydrogen-bond acceptors (Lipinski definition) is 9. The molecule has 1 amide bonds. The number of fused-ring (bicyclic) bond motifs is 1. The van der Waals surface area contributed by atoms with Crippen LogP contribution in [0, 0.1) is 5.82 Å². The third-order valence-electron chi connectivity index (χ3n) is 8.91. The van der Waals surface area contributed by atoms with Crippen LogP contribution >= 0.6 is 0 Å². The Balaban J connectivity index is 1.09. The molecule has 7 rings (SSSR count). The van der Waals surface area contributed by atoms with Gasteiger partial charge in [0.05, 0.1) is 31.1 Å². The topological polar surface area (TPSA) is 127 Å². The summed E-state index contributed by atoms with van der Waals surface area (Å²) in [5.41, 5.74) is 10.4. The van der Waals surface area contributed by atoms with Crippen LogP contribution < -0.4 is 15.4 Å². The summed E-state index contributed by atoms with van der Waals surface area (Å²) < 4.78 is 26.6. The van der Waals surface area contributed by atoms with Crippen molar-refractivity contribution in [1.29, 1.82) is 0 Å². The van der Waals surface area contributed by atoms with Gasteiger partial charge in [0.2, 0.25) is 5.95 Å². The summed E-state index contributed by atoms with van der Waals surface area (Å²) >= 11 is 0. The number of anilines is 2. The van der Waals surface area contributed by atoms with Crippen molar-refractivity contribution < 1.29 is 23.8 Å². The van der Waals surface area contributed by atoms with Crippen LogP contribution in [0.1, 0.15) is 57.2 Å². The molecule has 1 aliphatic carbocycles. The first-order valence-corrected chi connectivity index (χ1v) is 15.9. The van der Waals surface area contributed by atoms with Crippen LogP contribution in [0.4, 0.5) is 16.0 Å². The molecule has 11 heteroatoms. The fourth-order valence-corrected chi connectivity index (χ4v) is 6.32.